The number of aromatic nitrogens is 1. The number of nitrogens with zero attached hydrogens (tertiary/aromatic N) is 2. The summed E-state index contributed by atoms with van der Waals surface area (Å²) in [7, 11) is 1.82. The maximum absolute atomic E-state index is 13.4. The topological polar surface area (TPSA) is 28.2 Å². The molecule has 1 aliphatic heterocycles. The van der Waals surface area contributed by atoms with Crippen LogP contribution in [-0.4, -0.2) is 35.7 Å². The zero-order valence-corrected chi connectivity index (χ0v) is 18.9. The minimum atomic E-state index is -4.60. The number of rotatable bonds is 7. The number of piperidine rings is 1. The van der Waals surface area contributed by atoms with Gasteiger partial charge in [-0.25, -0.2) is 4.98 Å². The fraction of sp³-hybridized carbons (Fsp3) is 0.458. The number of allylic oxidation sites excluding steroid dienone is 7. The van der Waals surface area contributed by atoms with Crippen molar-refractivity contribution >= 4 is 5.69 Å². The van der Waals surface area contributed by atoms with E-state index < -0.39 is 29.7 Å². The third-order valence-corrected chi connectivity index (χ3v) is 5.21. The van der Waals surface area contributed by atoms with E-state index in [2.05, 4.69) is 10.3 Å². The molecule has 182 valence electrons. The van der Waals surface area contributed by atoms with Crippen LogP contribution in [0.2, 0.25) is 0 Å². The van der Waals surface area contributed by atoms with E-state index in [-0.39, 0.29) is 18.5 Å². The monoisotopic (exact) mass is 473 g/mol. The van der Waals surface area contributed by atoms with Crippen LogP contribution in [0.4, 0.5) is 32.0 Å². The van der Waals surface area contributed by atoms with Crippen LogP contribution in [0.15, 0.2) is 65.6 Å². The van der Waals surface area contributed by atoms with Crippen molar-refractivity contribution in [2.45, 2.75) is 57.9 Å². The summed E-state index contributed by atoms with van der Waals surface area (Å²) >= 11 is 0. The predicted octanol–water partition coefficient (Wildman–Crippen LogP) is 7.28. The molecule has 1 N–H and O–H groups in total. The third-order valence-electron chi connectivity index (χ3n) is 5.21. The molecule has 1 fully saturated rings. The molecule has 1 aliphatic rings. The number of halogens is 6. The first-order chi connectivity index (χ1) is 15.5. The lowest BCUT2D eigenvalue weighted by molar-refractivity contribution is -0.140. The van der Waals surface area contributed by atoms with Crippen LogP contribution < -0.4 is 5.32 Å². The van der Waals surface area contributed by atoms with E-state index in [0.717, 1.165) is 30.5 Å². The van der Waals surface area contributed by atoms with Gasteiger partial charge in [0.15, 0.2) is 5.69 Å². The number of likely N-dealkylation sites (tertiary alicyclic amines) is 1. The molecule has 1 aromatic heterocycles. The summed E-state index contributed by atoms with van der Waals surface area (Å²) in [5, 5.41) is 2.96. The fourth-order valence-electron chi connectivity index (χ4n) is 3.74. The molecule has 1 atom stereocenters. The first-order valence-corrected chi connectivity index (χ1v) is 10.8. The lowest BCUT2D eigenvalue weighted by Crippen LogP contribution is -2.38. The van der Waals surface area contributed by atoms with Gasteiger partial charge >= 0.3 is 12.4 Å². The second-order valence-corrected chi connectivity index (χ2v) is 7.78. The van der Waals surface area contributed by atoms with E-state index in [4.69, 9.17) is 0 Å². The van der Waals surface area contributed by atoms with E-state index in [9.17, 15) is 26.3 Å². The molecule has 0 aliphatic carbocycles. The Kier molecular flexibility index (Phi) is 9.19. The van der Waals surface area contributed by atoms with E-state index in [1.54, 1.807) is 32.1 Å². The molecule has 0 bridgehead atoms. The van der Waals surface area contributed by atoms with Crippen molar-refractivity contribution in [2.24, 2.45) is 0 Å². The molecule has 0 amide bonds. The molecule has 0 spiro atoms. The number of pyridine rings is 1. The summed E-state index contributed by atoms with van der Waals surface area (Å²) in [6.45, 7) is 4.06. The molecule has 3 nitrogen and oxygen atoms in total. The normalized spacial score (nSPS) is 20.1. The van der Waals surface area contributed by atoms with Crippen LogP contribution in [0.3, 0.4) is 0 Å². The summed E-state index contributed by atoms with van der Waals surface area (Å²) in [6, 6.07) is 2.34. The Morgan fingerprint density at radius 1 is 1.24 bits per heavy atom. The van der Waals surface area contributed by atoms with Gasteiger partial charge in [-0.3, -0.25) is 0 Å². The summed E-state index contributed by atoms with van der Waals surface area (Å²) in [6.07, 6.45) is 1.15. The average Bonchev–Trinajstić information content (AvgIpc) is 2.72. The van der Waals surface area contributed by atoms with Crippen molar-refractivity contribution in [3.8, 4) is 0 Å². The molecule has 0 aromatic carbocycles. The molecule has 1 aromatic rings. The van der Waals surface area contributed by atoms with Crippen LogP contribution in [0.1, 0.15) is 45.2 Å². The lowest BCUT2D eigenvalue weighted by atomic mass is 9.98. The molecular weight excluding hydrogens is 444 g/mol. The van der Waals surface area contributed by atoms with Crippen molar-refractivity contribution in [3.63, 3.8) is 0 Å². The standard InChI is InChI=1S/C24H29F6N3/c1-4-8-17(16-18(9-5-2)23(25,26)27)12-13-21-19(11-7-15-33(21)3)32-20-10-6-14-31-22(20)24(28,29)30/h4,6,8-10,13-14,16,19,32H,5,7,11-12,15H2,1-3H3/b8-4-,17-16+,18-9-,21-13-. The van der Waals surface area contributed by atoms with Crippen molar-refractivity contribution < 1.29 is 26.3 Å². The Balaban J connectivity index is 2.36. The number of hydrogen-bond acceptors (Lipinski definition) is 3. The van der Waals surface area contributed by atoms with Crippen molar-refractivity contribution in [1.29, 1.82) is 0 Å². The molecule has 9 heteroatoms. The van der Waals surface area contributed by atoms with Gasteiger partial charge in [-0.05, 0) is 56.4 Å². The number of nitrogens with one attached hydrogen (secondary N) is 1. The Bertz CT molecular complexity index is 910. The lowest BCUT2D eigenvalue weighted by Gasteiger charge is -2.36. The SMILES string of the molecule is C\C=C/C(=C\C(=C\CC)C(F)(F)F)C/C=C1/C(Nc2cccnc2C(F)(F)F)CCCN1C. The van der Waals surface area contributed by atoms with Crippen LogP contribution in [0, 0.1) is 0 Å². The third kappa shape index (κ3) is 7.68. The smallest absolute Gasteiger partial charge is 0.376 e. The zero-order valence-electron chi connectivity index (χ0n) is 18.9. The Morgan fingerprint density at radius 2 is 1.97 bits per heavy atom. The van der Waals surface area contributed by atoms with Gasteiger partial charge in [0.1, 0.15) is 0 Å². The summed E-state index contributed by atoms with van der Waals surface area (Å²) in [4.78, 5) is 5.40. The van der Waals surface area contributed by atoms with Gasteiger partial charge < -0.3 is 10.2 Å². The first-order valence-electron chi connectivity index (χ1n) is 10.8. The number of anilines is 1. The fourth-order valence-corrected chi connectivity index (χ4v) is 3.74. The largest absolute Gasteiger partial charge is 0.435 e. The van der Waals surface area contributed by atoms with Gasteiger partial charge in [0.25, 0.3) is 0 Å². The van der Waals surface area contributed by atoms with Crippen molar-refractivity contribution in [1.82, 2.24) is 9.88 Å². The van der Waals surface area contributed by atoms with Crippen LogP contribution in [0.25, 0.3) is 0 Å². The molecule has 1 unspecified atom stereocenters. The average molecular weight is 474 g/mol. The second kappa shape index (κ2) is 11.4. The Hall–Kier alpha value is -2.71. The summed E-state index contributed by atoms with van der Waals surface area (Å²) in [5.74, 6) is 0. The maximum atomic E-state index is 13.4. The van der Waals surface area contributed by atoms with Gasteiger partial charge in [0.2, 0.25) is 0 Å². The summed E-state index contributed by atoms with van der Waals surface area (Å²) in [5.41, 5.74) is -0.635. The van der Waals surface area contributed by atoms with Gasteiger partial charge in [-0.1, -0.05) is 31.2 Å². The molecule has 2 heterocycles. The molecular formula is C24H29F6N3. The van der Waals surface area contributed by atoms with Crippen LogP contribution in [0.5, 0.6) is 0 Å². The Morgan fingerprint density at radius 3 is 2.58 bits per heavy atom. The van der Waals surface area contributed by atoms with Gasteiger partial charge in [0.05, 0.1) is 17.3 Å². The Labute approximate surface area is 190 Å². The highest BCUT2D eigenvalue weighted by molar-refractivity contribution is 5.51. The minimum absolute atomic E-state index is 0.120. The van der Waals surface area contributed by atoms with Gasteiger partial charge in [-0.2, -0.15) is 26.3 Å². The van der Waals surface area contributed by atoms with E-state index >= 15 is 0 Å². The van der Waals surface area contributed by atoms with E-state index in [0.29, 0.717) is 18.5 Å². The molecule has 2 rings (SSSR count). The number of alkyl halides is 6. The molecule has 0 radical (unpaired) electrons. The van der Waals surface area contributed by atoms with Gasteiger partial charge in [-0.15, -0.1) is 0 Å². The highest BCUT2D eigenvalue weighted by atomic mass is 19.4. The van der Waals surface area contributed by atoms with Gasteiger partial charge in [0, 0.05) is 25.5 Å². The first kappa shape index (κ1) is 26.5. The highest BCUT2D eigenvalue weighted by Crippen LogP contribution is 2.35. The second-order valence-electron chi connectivity index (χ2n) is 7.78. The molecule has 1 saturated heterocycles. The van der Waals surface area contributed by atoms with E-state index in [1.165, 1.54) is 12.1 Å². The summed E-state index contributed by atoms with van der Waals surface area (Å²) < 4.78 is 80.1. The maximum Gasteiger partial charge on any atom is 0.435 e. The van der Waals surface area contributed by atoms with Crippen molar-refractivity contribution in [3.05, 3.63) is 71.2 Å². The quantitative estimate of drug-likeness (QED) is 0.333. The molecule has 0 saturated carbocycles. The highest BCUT2D eigenvalue weighted by Gasteiger charge is 2.36. The number of hydrogen-bond donors (Lipinski definition) is 1. The predicted molar refractivity (Wildman–Crippen MR) is 119 cm³/mol. The number of likely N-dealkylation sites (N-methyl/N-ethyl adjacent to an activating group) is 1. The van der Waals surface area contributed by atoms with Crippen molar-refractivity contribution in [2.75, 3.05) is 18.9 Å². The minimum Gasteiger partial charge on any atom is -0.376 e. The van der Waals surface area contributed by atoms with E-state index in [1.807, 2.05) is 11.9 Å². The zero-order chi connectivity index (χ0) is 24.6. The van der Waals surface area contributed by atoms with Crippen LogP contribution >= 0.6 is 0 Å². The van der Waals surface area contributed by atoms with Crippen LogP contribution in [-0.2, 0) is 6.18 Å². The molecule has 33 heavy (non-hydrogen) atoms.